The largest absolute Gasteiger partial charge is 0.481 e. The summed E-state index contributed by atoms with van der Waals surface area (Å²) in [6, 6.07) is 1.65. The Morgan fingerprint density at radius 2 is 2.24 bits per heavy atom. The number of carboxylic acids is 1. The zero-order chi connectivity index (χ0) is 15.8. The molecule has 114 valence electrons. The van der Waals surface area contributed by atoms with Crippen LogP contribution in [-0.2, 0) is 4.79 Å². The molecule has 1 N–H and O–H groups in total. The van der Waals surface area contributed by atoms with E-state index in [2.05, 4.69) is 4.98 Å². The summed E-state index contributed by atoms with van der Waals surface area (Å²) in [5.74, 6) is -0.181. The van der Waals surface area contributed by atoms with Gasteiger partial charge in [-0.2, -0.15) is 0 Å². The molecule has 7 nitrogen and oxygen atoms in total. The number of nitro groups is 1. The van der Waals surface area contributed by atoms with Crippen LogP contribution in [0.5, 0.6) is 0 Å². The molecule has 21 heavy (non-hydrogen) atoms. The van der Waals surface area contributed by atoms with E-state index in [1.165, 1.54) is 6.20 Å². The lowest BCUT2D eigenvalue weighted by Gasteiger charge is -2.29. The van der Waals surface area contributed by atoms with E-state index < -0.39 is 16.3 Å². The average Bonchev–Trinajstić information content (AvgIpc) is 2.84. The second-order valence-electron chi connectivity index (χ2n) is 5.87. The molecule has 1 fully saturated rings. The molecule has 0 spiro atoms. The highest BCUT2D eigenvalue weighted by Crippen LogP contribution is 2.40. The van der Waals surface area contributed by atoms with Gasteiger partial charge in [-0.3, -0.25) is 14.9 Å². The summed E-state index contributed by atoms with van der Waals surface area (Å²) in [4.78, 5) is 28.0. The van der Waals surface area contributed by atoms with E-state index in [0.29, 0.717) is 30.9 Å². The van der Waals surface area contributed by atoms with Crippen molar-refractivity contribution < 1.29 is 14.8 Å². The molecule has 0 saturated carbocycles. The third-order valence-electron chi connectivity index (χ3n) is 4.42. The summed E-state index contributed by atoms with van der Waals surface area (Å²) in [7, 11) is 0. The van der Waals surface area contributed by atoms with Gasteiger partial charge in [0.15, 0.2) is 0 Å². The Hall–Kier alpha value is -2.18. The normalized spacial score (nSPS) is 21.8. The lowest BCUT2D eigenvalue weighted by Crippen LogP contribution is -2.39. The molecule has 1 aliphatic rings. The van der Waals surface area contributed by atoms with E-state index in [0.717, 1.165) is 0 Å². The summed E-state index contributed by atoms with van der Waals surface area (Å²) >= 11 is 0. The molecule has 1 atom stereocenters. The number of hydrogen-bond acceptors (Lipinski definition) is 5. The first-order valence-electron chi connectivity index (χ1n) is 6.87. The van der Waals surface area contributed by atoms with Gasteiger partial charge in [-0.1, -0.05) is 13.8 Å². The number of aromatic nitrogens is 1. The van der Waals surface area contributed by atoms with Gasteiger partial charge in [0.25, 0.3) is 5.69 Å². The molecule has 0 bridgehead atoms. The first kappa shape index (κ1) is 15.2. The monoisotopic (exact) mass is 293 g/mol. The molecule has 1 aromatic heterocycles. The van der Waals surface area contributed by atoms with Gasteiger partial charge in [0.05, 0.1) is 10.3 Å². The van der Waals surface area contributed by atoms with Crippen molar-refractivity contribution in [2.45, 2.75) is 27.2 Å². The van der Waals surface area contributed by atoms with Crippen LogP contribution < -0.4 is 4.90 Å². The summed E-state index contributed by atoms with van der Waals surface area (Å²) in [5, 5.41) is 20.3. The van der Waals surface area contributed by atoms with E-state index >= 15 is 0 Å². The third kappa shape index (κ3) is 2.55. The topological polar surface area (TPSA) is 96.6 Å². The number of carboxylic acid groups (broad SMARTS) is 1. The van der Waals surface area contributed by atoms with Crippen molar-refractivity contribution in [1.82, 2.24) is 4.98 Å². The van der Waals surface area contributed by atoms with Crippen LogP contribution >= 0.6 is 0 Å². The lowest BCUT2D eigenvalue weighted by molar-refractivity contribution is -0.385. The second-order valence-corrected chi connectivity index (χ2v) is 5.87. The van der Waals surface area contributed by atoms with E-state index in [1.807, 2.05) is 18.7 Å². The Morgan fingerprint density at radius 3 is 2.67 bits per heavy atom. The summed E-state index contributed by atoms with van der Waals surface area (Å²) in [6.07, 6.45) is 1.79. The second kappa shape index (κ2) is 5.31. The van der Waals surface area contributed by atoms with Crippen molar-refractivity contribution in [2.24, 2.45) is 11.3 Å². The predicted molar refractivity (Wildman–Crippen MR) is 77.4 cm³/mol. The lowest BCUT2D eigenvalue weighted by atomic mass is 9.76. The van der Waals surface area contributed by atoms with Crippen LogP contribution in [0.3, 0.4) is 0 Å². The molecule has 0 aromatic carbocycles. The van der Waals surface area contributed by atoms with Crippen molar-refractivity contribution >= 4 is 17.5 Å². The standard InChI is InChI=1S/C14H19N3O4/c1-9(2)14(13(18)19)4-5-16(8-14)12-6-10(3)11(7-15-12)17(20)21/h6-7,9H,4-5,8H2,1-3H3,(H,18,19). The number of rotatable bonds is 4. The van der Waals surface area contributed by atoms with Crippen LogP contribution in [-0.4, -0.2) is 34.1 Å². The maximum absolute atomic E-state index is 11.6. The minimum Gasteiger partial charge on any atom is -0.481 e. The van der Waals surface area contributed by atoms with Crippen molar-refractivity contribution in [3.63, 3.8) is 0 Å². The Balaban J connectivity index is 2.28. The smallest absolute Gasteiger partial charge is 0.311 e. The molecular formula is C14H19N3O4. The zero-order valence-electron chi connectivity index (χ0n) is 12.4. The highest BCUT2D eigenvalue weighted by atomic mass is 16.6. The van der Waals surface area contributed by atoms with E-state index in [4.69, 9.17) is 0 Å². The average molecular weight is 293 g/mol. The number of carbonyl (C=O) groups is 1. The Bertz CT molecular complexity index is 588. The SMILES string of the molecule is Cc1cc(N2CCC(C(=O)O)(C(C)C)C2)ncc1[N+](=O)[O-]. The molecule has 0 amide bonds. The maximum Gasteiger partial charge on any atom is 0.311 e. The zero-order valence-corrected chi connectivity index (χ0v) is 12.4. The fourth-order valence-corrected chi connectivity index (χ4v) is 2.82. The highest BCUT2D eigenvalue weighted by molar-refractivity contribution is 5.77. The first-order valence-corrected chi connectivity index (χ1v) is 6.87. The Labute approximate surface area is 122 Å². The van der Waals surface area contributed by atoms with Gasteiger partial charge in [-0.25, -0.2) is 4.98 Å². The molecule has 1 saturated heterocycles. The molecule has 1 unspecified atom stereocenters. The van der Waals surface area contributed by atoms with Gasteiger partial charge in [0, 0.05) is 18.7 Å². The molecular weight excluding hydrogens is 274 g/mol. The number of aryl methyl sites for hydroxylation is 1. The fourth-order valence-electron chi connectivity index (χ4n) is 2.82. The van der Waals surface area contributed by atoms with Gasteiger partial charge >= 0.3 is 5.97 Å². The molecule has 2 heterocycles. The maximum atomic E-state index is 11.6. The summed E-state index contributed by atoms with van der Waals surface area (Å²) < 4.78 is 0. The molecule has 7 heteroatoms. The van der Waals surface area contributed by atoms with Gasteiger partial charge in [-0.15, -0.1) is 0 Å². The van der Waals surface area contributed by atoms with E-state index in [-0.39, 0.29) is 11.6 Å². The van der Waals surface area contributed by atoms with Gasteiger partial charge in [0.1, 0.15) is 12.0 Å². The fraction of sp³-hybridized carbons (Fsp3) is 0.571. The number of pyridine rings is 1. The van der Waals surface area contributed by atoms with E-state index in [9.17, 15) is 20.0 Å². The van der Waals surface area contributed by atoms with Crippen LogP contribution in [0.25, 0.3) is 0 Å². The molecule has 0 radical (unpaired) electrons. The predicted octanol–water partition coefficient (Wildman–Crippen LogP) is 2.24. The number of nitrogens with zero attached hydrogens (tertiary/aromatic N) is 3. The van der Waals surface area contributed by atoms with Crippen molar-refractivity contribution in [1.29, 1.82) is 0 Å². The quantitative estimate of drug-likeness (QED) is 0.675. The van der Waals surface area contributed by atoms with Crippen LogP contribution in [0.1, 0.15) is 25.8 Å². The van der Waals surface area contributed by atoms with Crippen LogP contribution in [0.4, 0.5) is 11.5 Å². The molecule has 2 rings (SSSR count). The third-order valence-corrected chi connectivity index (χ3v) is 4.42. The van der Waals surface area contributed by atoms with Crippen LogP contribution in [0, 0.1) is 28.4 Å². The van der Waals surface area contributed by atoms with E-state index in [1.54, 1.807) is 13.0 Å². The van der Waals surface area contributed by atoms with Crippen LogP contribution in [0.2, 0.25) is 0 Å². The highest BCUT2D eigenvalue weighted by Gasteiger charge is 2.47. The molecule has 1 aliphatic heterocycles. The number of aliphatic carboxylic acids is 1. The van der Waals surface area contributed by atoms with Gasteiger partial charge in [-0.05, 0) is 25.3 Å². The van der Waals surface area contributed by atoms with Gasteiger partial charge < -0.3 is 10.0 Å². The van der Waals surface area contributed by atoms with Crippen molar-refractivity contribution in [3.8, 4) is 0 Å². The molecule has 0 aliphatic carbocycles. The van der Waals surface area contributed by atoms with Gasteiger partial charge in [0.2, 0.25) is 0 Å². The molecule has 1 aromatic rings. The number of anilines is 1. The van der Waals surface area contributed by atoms with Crippen molar-refractivity contribution in [2.75, 3.05) is 18.0 Å². The van der Waals surface area contributed by atoms with Crippen molar-refractivity contribution in [3.05, 3.63) is 27.9 Å². The van der Waals surface area contributed by atoms with Crippen LogP contribution in [0.15, 0.2) is 12.3 Å². The Morgan fingerprint density at radius 1 is 1.57 bits per heavy atom. The Kier molecular flexibility index (Phi) is 3.85. The summed E-state index contributed by atoms with van der Waals surface area (Å²) in [6.45, 7) is 6.45. The minimum atomic E-state index is -0.793. The number of hydrogen-bond donors (Lipinski definition) is 1. The first-order chi connectivity index (χ1) is 9.78. The summed E-state index contributed by atoms with van der Waals surface area (Å²) in [5.41, 5.74) is -0.272. The minimum absolute atomic E-state index is 0.0131.